The van der Waals surface area contributed by atoms with Crippen molar-refractivity contribution in [2.45, 2.75) is 26.1 Å². The monoisotopic (exact) mass is 369 g/mol. The van der Waals surface area contributed by atoms with Crippen molar-refractivity contribution in [1.82, 2.24) is 5.32 Å². The lowest BCUT2D eigenvalue weighted by atomic mass is 10.2. The van der Waals surface area contributed by atoms with Gasteiger partial charge in [-0.2, -0.15) is 13.2 Å². The summed E-state index contributed by atoms with van der Waals surface area (Å²) in [6.45, 7) is 2.66. The molecule has 3 nitrogen and oxygen atoms in total. The summed E-state index contributed by atoms with van der Waals surface area (Å²) in [5.74, 6) is 0.731. The normalized spacial score (nSPS) is 11.7. The first-order chi connectivity index (χ1) is 9.92. The number of rotatable bonds is 9. The van der Waals surface area contributed by atoms with Crippen LogP contribution >= 0.6 is 15.9 Å². The van der Waals surface area contributed by atoms with Crippen LogP contribution in [0.4, 0.5) is 13.2 Å². The first-order valence-corrected chi connectivity index (χ1v) is 7.48. The zero-order chi connectivity index (χ0) is 15.7. The van der Waals surface area contributed by atoms with Crippen LogP contribution < -0.4 is 10.1 Å². The van der Waals surface area contributed by atoms with E-state index in [1.165, 1.54) is 0 Å². The molecule has 1 aromatic rings. The lowest BCUT2D eigenvalue weighted by Gasteiger charge is -2.13. The number of halogens is 4. The van der Waals surface area contributed by atoms with Crippen LogP contribution in [0.1, 0.15) is 18.9 Å². The topological polar surface area (TPSA) is 30.5 Å². The molecule has 0 spiro atoms. The summed E-state index contributed by atoms with van der Waals surface area (Å²) in [5, 5.41) is 3.21. The predicted molar refractivity (Wildman–Crippen MR) is 78.5 cm³/mol. The highest BCUT2D eigenvalue weighted by Gasteiger charge is 2.27. The summed E-state index contributed by atoms with van der Waals surface area (Å²) in [7, 11) is 0. The maximum Gasteiger partial charge on any atom is 0.411 e. The maximum absolute atomic E-state index is 11.9. The lowest BCUT2D eigenvalue weighted by molar-refractivity contribution is -0.174. The van der Waals surface area contributed by atoms with Crippen molar-refractivity contribution in [2.75, 3.05) is 26.4 Å². The quantitative estimate of drug-likeness (QED) is 0.669. The second kappa shape index (κ2) is 9.27. The highest BCUT2D eigenvalue weighted by atomic mass is 79.9. The van der Waals surface area contributed by atoms with E-state index in [-0.39, 0.29) is 6.61 Å². The molecule has 0 bridgehead atoms. The molecular formula is C14H19BrF3NO2. The molecule has 7 heteroatoms. The summed E-state index contributed by atoms with van der Waals surface area (Å²) in [6.07, 6.45) is -3.86. The van der Waals surface area contributed by atoms with E-state index in [9.17, 15) is 13.2 Å². The van der Waals surface area contributed by atoms with Crippen LogP contribution in [0.5, 0.6) is 5.75 Å². The summed E-state index contributed by atoms with van der Waals surface area (Å²) < 4.78 is 46.7. The molecule has 0 radical (unpaired) electrons. The molecule has 0 aliphatic heterocycles. The molecule has 0 aliphatic carbocycles. The fourth-order valence-corrected chi connectivity index (χ4v) is 2.03. The zero-order valence-electron chi connectivity index (χ0n) is 11.8. The highest BCUT2D eigenvalue weighted by molar-refractivity contribution is 9.10. The minimum absolute atomic E-state index is 0.0264. The molecule has 0 saturated heterocycles. The summed E-state index contributed by atoms with van der Waals surface area (Å²) in [4.78, 5) is 0. The van der Waals surface area contributed by atoms with Crippen molar-refractivity contribution in [3.05, 3.63) is 28.2 Å². The van der Waals surface area contributed by atoms with Crippen molar-refractivity contribution in [3.8, 4) is 5.75 Å². The van der Waals surface area contributed by atoms with Crippen molar-refractivity contribution >= 4 is 15.9 Å². The molecule has 0 atom stereocenters. The third kappa shape index (κ3) is 8.28. The summed E-state index contributed by atoms with van der Waals surface area (Å²) in [6, 6.07) is 5.66. The van der Waals surface area contributed by atoms with Crippen LogP contribution in [-0.4, -0.2) is 32.5 Å². The van der Waals surface area contributed by atoms with Crippen LogP contribution in [0.15, 0.2) is 22.7 Å². The third-order valence-corrected chi connectivity index (χ3v) is 3.04. The van der Waals surface area contributed by atoms with Gasteiger partial charge in [0.1, 0.15) is 12.4 Å². The van der Waals surface area contributed by atoms with Gasteiger partial charge in [-0.25, -0.2) is 0 Å². The van der Waals surface area contributed by atoms with Gasteiger partial charge in [0.15, 0.2) is 0 Å². The number of nitrogens with one attached hydrogen (secondary N) is 1. The predicted octanol–water partition coefficient (Wildman–Crippen LogP) is 3.91. The van der Waals surface area contributed by atoms with E-state index >= 15 is 0 Å². The second-order valence-corrected chi connectivity index (χ2v) is 5.32. The maximum atomic E-state index is 11.9. The van der Waals surface area contributed by atoms with Crippen LogP contribution in [-0.2, 0) is 11.3 Å². The molecule has 1 rings (SSSR count). The van der Waals surface area contributed by atoms with Gasteiger partial charge in [-0.1, -0.05) is 22.9 Å². The Morgan fingerprint density at radius 2 is 2.00 bits per heavy atom. The zero-order valence-corrected chi connectivity index (χ0v) is 13.4. The molecule has 1 N–H and O–H groups in total. The largest absolute Gasteiger partial charge is 0.493 e. The third-order valence-electron chi connectivity index (χ3n) is 2.54. The van der Waals surface area contributed by atoms with Crippen LogP contribution in [0.3, 0.4) is 0 Å². The van der Waals surface area contributed by atoms with E-state index in [0.29, 0.717) is 19.6 Å². The van der Waals surface area contributed by atoms with E-state index < -0.39 is 12.8 Å². The summed E-state index contributed by atoms with van der Waals surface area (Å²) >= 11 is 3.40. The Morgan fingerprint density at radius 1 is 1.24 bits per heavy atom. The molecule has 0 aromatic heterocycles. The average molecular weight is 370 g/mol. The molecular weight excluding hydrogens is 351 g/mol. The van der Waals surface area contributed by atoms with Gasteiger partial charge in [0.2, 0.25) is 0 Å². The van der Waals surface area contributed by atoms with Crippen molar-refractivity contribution in [1.29, 1.82) is 0 Å². The molecule has 1 aromatic carbocycles. The number of alkyl halides is 3. The molecule has 0 amide bonds. The van der Waals surface area contributed by atoms with Gasteiger partial charge in [-0.15, -0.1) is 0 Å². The minimum atomic E-state index is -4.27. The van der Waals surface area contributed by atoms with Crippen LogP contribution in [0, 0.1) is 0 Å². The molecule has 21 heavy (non-hydrogen) atoms. The summed E-state index contributed by atoms with van der Waals surface area (Å²) in [5.41, 5.74) is 1.00. The van der Waals surface area contributed by atoms with Gasteiger partial charge >= 0.3 is 6.18 Å². The Kier molecular flexibility index (Phi) is 8.06. The van der Waals surface area contributed by atoms with E-state index in [0.717, 1.165) is 22.3 Å². The fraction of sp³-hybridized carbons (Fsp3) is 0.571. The van der Waals surface area contributed by atoms with Gasteiger partial charge in [0.05, 0.1) is 13.2 Å². The number of benzene rings is 1. The first kappa shape index (κ1) is 18.3. The Labute approximate surface area is 130 Å². The second-order valence-electron chi connectivity index (χ2n) is 4.40. The van der Waals surface area contributed by atoms with Crippen LogP contribution in [0.25, 0.3) is 0 Å². The van der Waals surface area contributed by atoms with Gasteiger partial charge in [-0.05, 0) is 24.7 Å². The van der Waals surface area contributed by atoms with Crippen molar-refractivity contribution < 1.29 is 22.6 Å². The molecule has 0 unspecified atom stereocenters. The van der Waals surface area contributed by atoms with Gasteiger partial charge in [-0.3, -0.25) is 0 Å². The van der Waals surface area contributed by atoms with E-state index in [4.69, 9.17) is 4.74 Å². The lowest BCUT2D eigenvalue weighted by Crippen LogP contribution is -2.18. The average Bonchev–Trinajstić information content (AvgIpc) is 2.40. The molecule has 120 valence electrons. The van der Waals surface area contributed by atoms with Gasteiger partial charge in [0.25, 0.3) is 0 Å². The Balaban J connectivity index is 2.34. The highest BCUT2D eigenvalue weighted by Crippen LogP contribution is 2.23. The van der Waals surface area contributed by atoms with Gasteiger partial charge < -0.3 is 14.8 Å². The Morgan fingerprint density at radius 3 is 2.67 bits per heavy atom. The van der Waals surface area contributed by atoms with E-state index in [1.54, 1.807) is 0 Å². The van der Waals surface area contributed by atoms with Crippen LogP contribution in [0.2, 0.25) is 0 Å². The number of ether oxygens (including phenoxy) is 2. The number of hydrogen-bond acceptors (Lipinski definition) is 3. The van der Waals surface area contributed by atoms with E-state index in [2.05, 4.69) is 26.0 Å². The smallest absolute Gasteiger partial charge is 0.411 e. The minimum Gasteiger partial charge on any atom is -0.493 e. The molecule has 0 heterocycles. The molecule has 0 fully saturated rings. The Bertz CT molecular complexity index is 427. The standard InChI is InChI=1S/C14H19BrF3NO2/c1-2-19-9-11-8-12(15)4-5-13(11)21-7-3-6-20-10-14(16,17)18/h4-5,8,19H,2-3,6-7,9-10H2,1H3. The fourth-order valence-electron chi connectivity index (χ4n) is 1.62. The molecule has 0 aliphatic rings. The van der Waals surface area contributed by atoms with Gasteiger partial charge in [0, 0.05) is 23.0 Å². The van der Waals surface area contributed by atoms with Crippen molar-refractivity contribution in [2.24, 2.45) is 0 Å². The molecule has 0 saturated carbocycles. The number of hydrogen-bond donors (Lipinski definition) is 1. The first-order valence-electron chi connectivity index (χ1n) is 6.69. The SMILES string of the molecule is CCNCc1cc(Br)ccc1OCCCOCC(F)(F)F. The van der Waals surface area contributed by atoms with E-state index in [1.807, 2.05) is 25.1 Å². The Hall–Kier alpha value is -0.790. The van der Waals surface area contributed by atoms with Crippen molar-refractivity contribution in [3.63, 3.8) is 0 Å².